The van der Waals surface area contributed by atoms with Gasteiger partial charge in [0.15, 0.2) is 0 Å². The molecule has 0 aromatic carbocycles. The number of hydrogen-bond acceptors (Lipinski definition) is 6. The van der Waals surface area contributed by atoms with Crippen molar-refractivity contribution in [1.82, 2.24) is 0 Å². The fourth-order valence-electron chi connectivity index (χ4n) is 3.87. The summed E-state index contributed by atoms with van der Waals surface area (Å²) >= 11 is 0. The summed E-state index contributed by atoms with van der Waals surface area (Å²) in [4.78, 5) is 12.1. The predicted octanol–water partition coefficient (Wildman–Crippen LogP) is 3.23. The minimum absolute atomic E-state index is 0.204. The van der Waals surface area contributed by atoms with Gasteiger partial charge < -0.3 is 25.2 Å². The molecule has 1 fully saturated rings. The third-order valence-electron chi connectivity index (χ3n) is 5.77. The molecule has 1 heterocycles. The summed E-state index contributed by atoms with van der Waals surface area (Å²) in [5, 5.41) is 39.8. The summed E-state index contributed by atoms with van der Waals surface area (Å²) in [7, 11) is 0. The first kappa shape index (κ1) is 25.5. The first-order valence-corrected chi connectivity index (χ1v) is 11.3. The molecule has 0 aromatic heterocycles. The number of aliphatic hydroxyl groups excluding tert-OH is 3. The van der Waals surface area contributed by atoms with Gasteiger partial charge in [-0.15, -0.1) is 0 Å². The maximum Gasteiger partial charge on any atom is 0.202 e. The van der Waals surface area contributed by atoms with Gasteiger partial charge >= 0.3 is 0 Å². The first-order chi connectivity index (χ1) is 13.3. The zero-order valence-corrected chi connectivity index (χ0v) is 17.8. The van der Waals surface area contributed by atoms with Crippen molar-refractivity contribution < 1.29 is 30.0 Å². The Labute approximate surface area is 170 Å². The second-order valence-corrected chi connectivity index (χ2v) is 8.45. The van der Waals surface area contributed by atoms with Crippen LogP contribution in [0, 0.1) is 0 Å². The molecule has 28 heavy (non-hydrogen) atoms. The van der Waals surface area contributed by atoms with E-state index in [-0.39, 0.29) is 12.2 Å². The summed E-state index contributed by atoms with van der Waals surface area (Å²) in [6, 6.07) is 0. The monoisotopic (exact) mass is 402 g/mol. The number of carbonyl (C=O) groups excluding carboxylic acids is 1. The summed E-state index contributed by atoms with van der Waals surface area (Å²) in [5.74, 6) is -2.34. The van der Waals surface area contributed by atoms with Crippen molar-refractivity contribution in [2.24, 2.45) is 0 Å². The SMILES string of the molecule is CCCCCCCCCCCCCCC(=O)C[C@]1(O)O[C@@H](C)[C@@H](O)[C@@H](O)[C@@H]1O. The Morgan fingerprint density at radius 3 is 1.79 bits per heavy atom. The van der Waals surface area contributed by atoms with Crippen LogP contribution in [-0.4, -0.2) is 56.4 Å². The molecule has 1 rings (SSSR count). The fourth-order valence-corrected chi connectivity index (χ4v) is 3.87. The van der Waals surface area contributed by atoms with Crippen LogP contribution >= 0.6 is 0 Å². The topological polar surface area (TPSA) is 107 Å². The highest BCUT2D eigenvalue weighted by molar-refractivity contribution is 5.79. The van der Waals surface area contributed by atoms with E-state index in [1.54, 1.807) is 0 Å². The van der Waals surface area contributed by atoms with Gasteiger partial charge in [-0.1, -0.05) is 77.6 Å². The maximum absolute atomic E-state index is 12.1. The summed E-state index contributed by atoms with van der Waals surface area (Å²) in [6.45, 7) is 3.72. The smallest absolute Gasteiger partial charge is 0.202 e. The molecule has 166 valence electrons. The van der Waals surface area contributed by atoms with Crippen LogP contribution in [0.1, 0.15) is 104 Å². The summed E-state index contributed by atoms with van der Waals surface area (Å²) < 4.78 is 5.23. The maximum atomic E-state index is 12.1. The van der Waals surface area contributed by atoms with E-state index >= 15 is 0 Å². The Balaban J connectivity index is 2.08. The number of aliphatic hydroxyl groups is 4. The second-order valence-electron chi connectivity index (χ2n) is 8.45. The lowest BCUT2D eigenvalue weighted by molar-refractivity contribution is -0.341. The molecule has 5 atom stereocenters. The minimum Gasteiger partial charge on any atom is -0.388 e. The van der Waals surface area contributed by atoms with Crippen molar-refractivity contribution >= 4 is 5.78 Å². The molecule has 0 saturated carbocycles. The normalized spacial score (nSPS) is 30.5. The number of Topliss-reactive ketones (excluding diaryl/α,β-unsaturated/α-hetero) is 1. The quantitative estimate of drug-likeness (QED) is 0.313. The molecule has 4 N–H and O–H groups in total. The van der Waals surface area contributed by atoms with Crippen LogP contribution in [-0.2, 0) is 9.53 Å². The molecule has 1 saturated heterocycles. The lowest BCUT2D eigenvalue weighted by Crippen LogP contribution is -2.64. The van der Waals surface area contributed by atoms with E-state index in [1.807, 2.05) is 0 Å². The molecule has 0 bridgehead atoms. The molecule has 6 nitrogen and oxygen atoms in total. The number of unbranched alkanes of at least 4 members (excludes halogenated alkanes) is 11. The van der Waals surface area contributed by atoms with E-state index in [2.05, 4.69) is 6.92 Å². The Hall–Kier alpha value is -0.530. The molecule has 0 aliphatic carbocycles. The van der Waals surface area contributed by atoms with Gasteiger partial charge in [-0.05, 0) is 13.3 Å². The van der Waals surface area contributed by atoms with Crippen LogP contribution in [0.15, 0.2) is 0 Å². The molecular weight excluding hydrogens is 360 g/mol. The second kappa shape index (κ2) is 13.6. The van der Waals surface area contributed by atoms with Crippen molar-refractivity contribution in [2.45, 2.75) is 134 Å². The number of ether oxygens (including phenoxy) is 1. The van der Waals surface area contributed by atoms with Crippen LogP contribution in [0.3, 0.4) is 0 Å². The van der Waals surface area contributed by atoms with E-state index in [1.165, 1.54) is 64.7 Å². The highest BCUT2D eigenvalue weighted by Crippen LogP contribution is 2.31. The van der Waals surface area contributed by atoms with Crippen molar-refractivity contribution in [1.29, 1.82) is 0 Å². The highest BCUT2D eigenvalue weighted by atomic mass is 16.7. The van der Waals surface area contributed by atoms with Crippen molar-refractivity contribution in [3.63, 3.8) is 0 Å². The zero-order chi connectivity index (χ0) is 21.0. The van der Waals surface area contributed by atoms with Gasteiger partial charge in [0.25, 0.3) is 0 Å². The number of ketones is 1. The molecule has 6 heteroatoms. The van der Waals surface area contributed by atoms with Crippen molar-refractivity contribution in [2.75, 3.05) is 0 Å². The van der Waals surface area contributed by atoms with Gasteiger partial charge in [0.2, 0.25) is 5.79 Å². The molecule has 0 aromatic rings. The lowest BCUT2D eigenvalue weighted by Gasteiger charge is -2.44. The third kappa shape index (κ3) is 8.87. The average molecular weight is 403 g/mol. The van der Waals surface area contributed by atoms with E-state index in [4.69, 9.17) is 4.74 Å². The number of rotatable bonds is 15. The minimum atomic E-state index is -2.13. The molecule has 0 spiro atoms. The Kier molecular flexibility index (Phi) is 12.4. The van der Waals surface area contributed by atoms with E-state index in [9.17, 15) is 25.2 Å². The first-order valence-electron chi connectivity index (χ1n) is 11.3. The van der Waals surface area contributed by atoms with Gasteiger partial charge in [0.05, 0.1) is 12.5 Å². The summed E-state index contributed by atoms with van der Waals surface area (Å²) in [5.41, 5.74) is 0. The predicted molar refractivity (Wildman–Crippen MR) is 109 cm³/mol. The number of carbonyl (C=O) groups is 1. The van der Waals surface area contributed by atoms with E-state index < -0.39 is 30.2 Å². The molecular formula is C22H42O6. The van der Waals surface area contributed by atoms with Crippen molar-refractivity contribution in [3.8, 4) is 0 Å². The van der Waals surface area contributed by atoms with Crippen LogP contribution < -0.4 is 0 Å². The summed E-state index contributed by atoms with van der Waals surface area (Å²) in [6.07, 6.45) is 9.15. The molecule has 0 unspecified atom stereocenters. The van der Waals surface area contributed by atoms with Crippen LogP contribution in [0.4, 0.5) is 0 Å². The van der Waals surface area contributed by atoms with E-state index in [0.717, 1.165) is 19.3 Å². The van der Waals surface area contributed by atoms with Crippen LogP contribution in [0.5, 0.6) is 0 Å². The van der Waals surface area contributed by atoms with Gasteiger partial charge in [-0.2, -0.15) is 0 Å². The van der Waals surface area contributed by atoms with Gasteiger partial charge in [0, 0.05) is 6.42 Å². The Morgan fingerprint density at radius 2 is 1.29 bits per heavy atom. The molecule has 1 aliphatic heterocycles. The van der Waals surface area contributed by atoms with Crippen LogP contribution in [0.2, 0.25) is 0 Å². The van der Waals surface area contributed by atoms with Gasteiger partial charge in [-0.25, -0.2) is 0 Å². The Morgan fingerprint density at radius 1 is 0.821 bits per heavy atom. The largest absolute Gasteiger partial charge is 0.388 e. The standard InChI is InChI=1S/C22H42O6/c1-3-4-5-6-7-8-9-10-11-12-13-14-15-18(23)16-22(27)21(26)20(25)19(24)17(2)28-22/h17,19-21,24-27H,3-16H2,1-2H3/t17-,19+,20+,21-,22-/m0/s1. The lowest BCUT2D eigenvalue weighted by atomic mass is 9.89. The highest BCUT2D eigenvalue weighted by Gasteiger charge is 2.52. The zero-order valence-electron chi connectivity index (χ0n) is 17.8. The molecule has 1 aliphatic rings. The molecule has 0 amide bonds. The van der Waals surface area contributed by atoms with Crippen molar-refractivity contribution in [3.05, 3.63) is 0 Å². The van der Waals surface area contributed by atoms with Gasteiger partial charge in [0.1, 0.15) is 24.1 Å². The third-order valence-corrected chi connectivity index (χ3v) is 5.77. The number of hydrogen-bond donors (Lipinski definition) is 4. The van der Waals surface area contributed by atoms with Crippen LogP contribution in [0.25, 0.3) is 0 Å². The average Bonchev–Trinajstić information content (AvgIpc) is 2.65. The van der Waals surface area contributed by atoms with Gasteiger partial charge in [-0.3, -0.25) is 4.79 Å². The Bertz CT molecular complexity index is 429. The van der Waals surface area contributed by atoms with E-state index in [0.29, 0.717) is 6.42 Å². The fraction of sp³-hybridized carbons (Fsp3) is 0.955. The molecule has 0 radical (unpaired) electrons.